The van der Waals surface area contributed by atoms with Gasteiger partial charge in [-0.25, -0.2) is 0 Å². The minimum absolute atomic E-state index is 0.318. The van der Waals surface area contributed by atoms with Crippen LogP contribution in [0.15, 0.2) is 48.5 Å². The van der Waals surface area contributed by atoms with Crippen LogP contribution in [0.5, 0.6) is 0 Å². The number of nitrogens with zero attached hydrogens (tertiary/aromatic N) is 1. The van der Waals surface area contributed by atoms with E-state index in [9.17, 15) is 26.3 Å². The van der Waals surface area contributed by atoms with Crippen molar-refractivity contribution in [1.82, 2.24) is 4.98 Å². The van der Waals surface area contributed by atoms with Crippen LogP contribution in [0.25, 0.3) is 22.0 Å². The van der Waals surface area contributed by atoms with Crippen molar-refractivity contribution in [3.63, 3.8) is 0 Å². The lowest BCUT2D eigenvalue weighted by molar-refractivity contribution is -0.138. The molecule has 7 heteroatoms. The third-order valence-corrected chi connectivity index (χ3v) is 3.86. The number of halogens is 6. The van der Waals surface area contributed by atoms with Gasteiger partial charge >= 0.3 is 12.4 Å². The number of hydrogen-bond acceptors (Lipinski definition) is 1. The first-order valence-electron chi connectivity index (χ1n) is 7.22. The fraction of sp³-hybridized carbons (Fsp3) is 0.167. The lowest BCUT2D eigenvalue weighted by Crippen LogP contribution is -2.05. The van der Waals surface area contributed by atoms with E-state index in [0.29, 0.717) is 27.7 Å². The molecule has 0 radical (unpaired) electrons. The standard InChI is InChI=1S/C18H11F6N/c1-10-15-7-6-14(18(22,23)24)8-12(15)9-16(25-10)11-2-4-13(5-3-11)17(19,20)21/h2-9H,1H3. The third-order valence-electron chi connectivity index (χ3n) is 3.86. The van der Waals surface area contributed by atoms with E-state index in [1.807, 2.05) is 0 Å². The van der Waals surface area contributed by atoms with E-state index < -0.39 is 23.5 Å². The van der Waals surface area contributed by atoms with Gasteiger partial charge in [-0.3, -0.25) is 4.98 Å². The number of pyridine rings is 1. The fourth-order valence-electron chi connectivity index (χ4n) is 2.59. The number of aryl methyl sites for hydroxylation is 1. The van der Waals surface area contributed by atoms with E-state index in [0.717, 1.165) is 24.3 Å². The minimum atomic E-state index is -4.47. The second-order valence-corrected chi connectivity index (χ2v) is 5.60. The third kappa shape index (κ3) is 3.45. The van der Waals surface area contributed by atoms with Crippen LogP contribution >= 0.6 is 0 Å². The Bertz CT molecular complexity index is 923. The predicted molar refractivity (Wildman–Crippen MR) is 81.9 cm³/mol. The average molecular weight is 355 g/mol. The number of aromatic nitrogens is 1. The van der Waals surface area contributed by atoms with Crippen molar-refractivity contribution in [2.45, 2.75) is 19.3 Å². The molecule has 1 aromatic heterocycles. The van der Waals surface area contributed by atoms with Gasteiger partial charge in [0, 0.05) is 16.6 Å². The number of benzene rings is 2. The van der Waals surface area contributed by atoms with E-state index in [2.05, 4.69) is 4.98 Å². The summed E-state index contributed by atoms with van der Waals surface area (Å²) in [5.74, 6) is 0. The molecule has 0 amide bonds. The largest absolute Gasteiger partial charge is 0.416 e. The van der Waals surface area contributed by atoms with Gasteiger partial charge in [-0.1, -0.05) is 18.2 Å². The highest BCUT2D eigenvalue weighted by atomic mass is 19.4. The number of hydrogen-bond donors (Lipinski definition) is 0. The molecule has 0 bridgehead atoms. The van der Waals surface area contributed by atoms with Gasteiger partial charge in [0.15, 0.2) is 0 Å². The second kappa shape index (κ2) is 5.75. The lowest BCUT2D eigenvalue weighted by Gasteiger charge is -2.11. The Morgan fingerprint density at radius 2 is 1.28 bits per heavy atom. The van der Waals surface area contributed by atoms with Crippen LogP contribution in [0.4, 0.5) is 26.3 Å². The van der Waals surface area contributed by atoms with Gasteiger partial charge in [-0.2, -0.15) is 26.3 Å². The van der Waals surface area contributed by atoms with E-state index >= 15 is 0 Å². The van der Waals surface area contributed by atoms with Crippen LogP contribution in [-0.2, 0) is 12.4 Å². The number of alkyl halides is 6. The molecule has 0 N–H and O–H groups in total. The predicted octanol–water partition coefficient (Wildman–Crippen LogP) is 6.25. The van der Waals surface area contributed by atoms with Crippen molar-refractivity contribution in [3.8, 4) is 11.3 Å². The zero-order valence-electron chi connectivity index (χ0n) is 12.8. The molecular weight excluding hydrogens is 344 g/mol. The zero-order chi connectivity index (χ0) is 18.4. The Hall–Kier alpha value is -2.57. The van der Waals surface area contributed by atoms with Crippen LogP contribution < -0.4 is 0 Å². The number of rotatable bonds is 1. The van der Waals surface area contributed by atoms with Gasteiger partial charge < -0.3 is 0 Å². The molecule has 0 saturated heterocycles. The molecule has 0 atom stereocenters. The fourth-order valence-corrected chi connectivity index (χ4v) is 2.59. The Kier molecular flexibility index (Phi) is 3.97. The van der Waals surface area contributed by atoms with Gasteiger partial charge in [0.1, 0.15) is 0 Å². The van der Waals surface area contributed by atoms with Crippen LogP contribution in [0.3, 0.4) is 0 Å². The molecule has 0 aliphatic heterocycles. The molecule has 3 rings (SSSR count). The molecule has 0 saturated carbocycles. The van der Waals surface area contributed by atoms with Crippen LogP contribution in [-0.4, -0.2) is 4.98 Å². The van der Waals surface area contributed by atoms with Crippen LogP contribution in [0.2, 0.25) is 0 Å². The quantitative estimate of drug-likeness (QED) is 0.470. The first kappa shape index (κ1) is 17.3. The van der Waals surface area contributed by atoms with Gasteiger partial charge in [0.05, 0.1) is 16.8 Å². The Labute approximate surface area is 138 Å². The highest BCUT2D eigenvalue weighted by Crippen LogP contribution is 2.34. The highest BCUT2D eigenvalue weighted by molar-refractivity contribution is 5.88. The second-order valence-electron chi connectivity index (χ2n) is 5.60. The molecule has 0 spiro atoms. The topological polar surface area (TPSA) is 12.9 Å². The first-order valence-corrected chi connectivity index (χ1v) is 7.22. The molecule has 0 fully saturated rings. The summed E-state index contributed by atoms with van der Waals surface area (Å²) in [4.78, 5) is 4.29. The smallest absolute Gasteiger partial charge is 0.252 e. The lowest BCUT2D eigenvalue weighted by atomic mass is 10.0. The summed E-state index contributed by atoms with van der Waals surface area (Å²) in [7, 11) is 0. The number of fused-ring (bicyclic) bond motifs is 1. The maximum Gasteiger partial charge on any atom is 0.416 e. The molecule has 0 unspecified atom stereocenters. The SMILES string of the molecule is Cc1nc(-c2ccc(C(F)(F)F)cc2)cc2cc(C(F)(F)F)ccc12. The van der Waals surface area contributed by atoms with E-state index in [1.54, 1.807) is 6.92 Å². The summed E-state index contributed by atoms with van der Waals surface area (Å²) in [6.45, 7) is 1.64. The monoisotopic (exact) mass is 355 g/mol. The Morgan fingerprint density at radius 3 is 1.84 bits per heavy atom. The summed E-state index contributed by atoms with van der Waals surface area (Å²) in [5.41, 5.74) is -0.369. The Balaban J connectivity index is 2.10. The van der Waals surface area contributed by atoms with Gasteiger partial charge in [-0.15, -0.1) is 0 Å². The van der Waals surface area contributed by atoms with Gasteiger partial charge in [0.25, 0.3) is 0 Å². The van der Waals surface area contributed by atoms with E-state index in [4.69, 9.17) is 0 Å². The molecule has 130 valence electrons. The van der Waals surface area contributed by atoms with Crippen LogP contribution in [0.1, 0.15) is 16.8 Å². The summed E-state index contributed by atoms with van der Waals surface area (Å²) in [6, 6.07) is 9.13. The van der Waals surface area contributed by atoms with E-state index in [-0.39, 0.29) is 0 Å². The molecule has 1 nitrogen and oxygen atoms in total. The summed E-state index contributed by atoms with van der Waals surface area (Å²) < 4.78 is 76.5. The van der Waals surface area contributed by atoms with Crippen molar-refractivity contribution >= 4 is 10.8 Å². The maximum absolute atomic E-state index is 12.9. The maximum atomic E-state index is 12.9. The van der Waals surface area contributed by atoms with Crippen molar-refractivity contribution in [3.05, 3.63) is 65.4 Å². The average Bonchev–Trinajstić information content (AvgIpc) is 2.52. The first-order chi connectivity index (χ1) is 11.6. The van der Waals surface area contributed by atoms with Gasteiger partial charge in [0.2, 0.25) is 0 Å². The van der Waals surface area contributed by atoms with Crippen LogP contribution in [0, 0.1) is 6.92 Å². The molecule has 2 aromatic carbocycles. The summed E-state index contributed by atoms with van der Waals surface area (Å²) >= 11 is 0. The molecule has 25 heavy (non-hydrogen) atoms. The van der Waals surface area contributed by atoms with Crippen molar-refractivity contribution in [1.29, 1.82) is 0 Å². The highest BCUT2D eigenvalue weighted by Gasteiger charge is 2.31. The normalized spacial score (nSPS) is 12.6. The summed E-state index contributed by atoms with van der Waals surface area (Å²) in [5, 5.41) is 0.890. The molecule has 0 aliphatic rings. The van der Waals surface area contributed by atoms with Crippen molar-refractivity contribution < 1.29 is 26.3 Å². The zero-order valence-corrected chi connectivity index (χ0v) is 12.8. The molecule has 0 aliphatic carbocycles. The molecular formula is C18H11F6N. The van der Waals surface area contributed by atoms with Crippen molar-refractivity contribution in [2.24, 2.45) is 0 Å². The van der Waals surface area contributed by atoms with Crippen molar-refractivity contribution in [2.75, 3.05) is 0 Å². The molecule has 3 aromatic rings. The Morgan fingerprint density at radius 1 is 0.720 bits per heavy atom. The van der Waals surface area contributed by atoms with Gasteiger partial charge in [-0.05, 0) is 42.6 Å². The minimum Gasteiger partial charge on any atom is -0.252 e. The molecule has 1 heterocycles. The summed E-state index contributed by atoms with van der Waals surface area (Å²) in [6.07, 6.45) is -8.92. The van der Waals surface area contributed by atoms with E-state index in [1.165, 1.54) is 24.3 Å².